The lowest BCUT2D eigenvalue weighted by Gasteiger charge is -2.26. The number of fused-ring (bicyclic) bond motifs is 1. The molecule has 0 spiro atoms. The van der Waals surface area contributed by atoms with Crippen LogP contribution in [0.4, 0.5) is 0 Å². The number of amidine groups is 2. The second kappa shape index (κ2) is 7.07. The zero-order chi connectivity index (χ0) is 19.8. The number of hydrogen-bond acceptors (Lipinski definition) is 4. The molecule has 0 saturated carbocycles. The van der Waals surface area contributed by atoms with Gasteiger partial charge in [-0.3, -0.25) is 15.1 Å². The Kier molecular flexibility index (Phi) is 4.26. The first-order valence-electron chi connectivity index (χ1n) is 9.02. The van der Waals surface area contributed by atoms with E-state index in [0.717, 1.165) is 16.8 Å². The molecule has 0 fully saturated rings. The molecular weight excluding hydrogens is 382 g/mol. The van der Waals surface area contributed by atoms with E-state index in [-0.39, 0.29) is 11.4 Å². The van der Waals surface area contributed by atoms with Gasteiger partial charge in [-0.25, -0.2) is 0 Å². The first-order chi connectivity index (χ1) is 14.2. The van der Waals surface area contributed by atoms with E-state index in [2.05, 4.69) is 4.99 Å². The highest BCUT2D eigenvalue weighted by molar-refractivity contribution is 8.17. The molecule has 0 radical (unpaired) electrons. The fourth-order valence-electron chi connectivity index (χ4n) is 3.24. The van der Waals surface area contributed by atoms with Gasteiger partial charge in [0.1, 0.15) is 17.4 Å². The van der Waals surface area contributed by atoms with Crippen LogP contribution in [0, 0.1) is 5.41 Å². The van der Waals surface area contributed by atoms with E-state index < -0.39 is 5.91 Å². The number of nitrogens with zero attached hydrogens (tertiary/aromatic N) is 2. The lowest BCUT2D eigenvalue weighted by molar-refractivity contribution is -0.114. The topological polar surface area (TPSA) is 69.7 Å². The SMILES string of the molecule is N=C1/C(=C/c2ccc(-c3ccccc3)o2)C(=O)N=C2SC=C(c3ccccc3)N12. The monoisotopic (exact) mass is 397 g/mol. The summed E-state index contributed by atoms with van der Waals surface area (Å²) in [4.78, 5) is 18.4. The van der Waals surface area contributed by atoms with E-state index in [0.29, 0.717) is 16.7 Å². The molecule has 1 N–H and O–H groups in total. The summed E-state index contributed by atoms with van der Waals surface area (Å²) in [6.07, 6.45) is 1.59. The Morgan fingerprint density at radius 3 is 2.34 bits per heavy atom. The highest BCUT2D eigenvalue weighted by Crippen LogP contribution is 2.37. The summed E-state index contributed by atoms with van der Waals surface area (Å²) in [6.45, 7) is 0. The average Bonchev–Trinajstić information content (AvgIpc) is 3.40. The smallest absolute Gasteiger partial charge is 0.283 e. The van der Waals surface area contributed by atoms with Gasteiger partial charge in [0.2, 0.25) is 0 Å². The summed E-state index contributed by atoms with van der Waals surface area (Å²) in [5.74, 6) is 0.873. The fourth-order valence-corrected chi connectivity index (χ4v) is 4.13. The molecule has 0 saturated heterocycles. The van der Waals surface area contributed by atoms with Gasteiger partial charge < -0.3 is 4.42 Å². The van der Waals surface area contributed by atoms with Crippen LogP contribution in [0.3, 0.4) is 0 Å². The summed E-state index contributed by atoms with van der Waals surface area (Å²) in [5, 5.41) is 11.1. The molecule has 3 heterocycles. The van der Waals surface area contributed by atoms with Crippen LogP contribution in [-0.4, -0.2) is 21.8 Å². The highest BCUT2D eigenvalue weighted by Gasteiger charge is 2.36. The van der Waals surface area contributed by atoms with Crippen LogP contribution in [-0.2, 0) is 4.79 Å². The van der Waals surface area contributed by atoms with E-state index in [9.17, 15) is 4.79 Å². The largest absolute Gasteiger partial charge is 0.457 e. The third-order valence-corrected chi connectivity index (χ3v) is 5.48. The zero-order valence-corrected chi connectivity index (χ0v) is 16.0. The first kappa shape index (κ1) is 17.5. The van der Waals surface area contributed by atoms with Crippen LogP contribution in [0.1, 0.15) is 11.3 Å². The second-order valence-corrected chi connectivity index (χ2v) is 7.33. The van der Waals surface area contributed by atoms with Crippen molar-refractivity contribution in [3.63, 3.8) is 0 Å². The maximum absolute atomic E-state index is 12.6. The van der Waals surface area contributed by atoms with Gasteiger partial charge in [-0.2, -0.15) is 4.99 Å². The number of hydrogen-bond donors (Lipinski definition) is 1. The third-order valence-electron chi connectivity index (χ3n) is 4.66. The molecule has 2 aliphatic heterocycles. The molecular formula is C23H15N3O2S. The van der Waals surface area contributed by atoms with Crippen LogP contribution in [0.2, 0.25) is 0 Å². The fraction of sp³-hybridized carbons (Fsp3) is 0. The number of carbonyl (C=O) groups excluding carboxylic acids is 1. The normalized spacial score (nSPS) is 17.4. The molecule has 1 aromatic heterocycles. The summed E-state index contributed by atoms with van der Waals surface area (Å²) < 4.78 is 5.88. The van der Waals surface area contributed by atoms with Gasteiger partial charge in [-0.1, -0.05) is 72.4 Å². The number of nitrogens with one attached hydrogen (secondary N) is 1. The van der Waals surface area contributed by atoms with Crippen molar-refractivity contribution in [3.8, 4) is 11.3 Å². The minimum Gasteiger partial charge on any atom is -0.457 e. The minimum atomic E-state index is -0.436. The van der Waals surface area contributed by atoms with E-state index in [1.165, 1.54) is 11.8 Å². The molecule has 140 valence electrons. The van der Waals surface area contributed by atoms with E-state index in [1.54, 1.807) is 17.0 Å². The summed E-state index contributed by atoms with van der Waals surface area (Å²) in [5.41, 5.74) is 2.95. The number of amides is 1. The molecule has 5 nitrogen and oxygen atoms in total. The van der Waals surface area contributed by atoms with Gasteiger partial charge >= 0.3 is 0 Å². The molecule has 0 bridgehead atoms. The Labute approximate surface area is 171 Å². The molecule has 0 aliphatic carbocycles. The van der Waals surface area contributed by atoms with Crippen LogP contribution in [0.5, 0.6) is 0 Å². The van der Waals surface area contributed by atoms with Crippen LogP contribution in [0.25, 0.3) is 23.1 Å². The average molecular weight is 397 g/mol. The predicted octanol–water partition coefficient (Wildman–Crippen LogP) is 5.25. The standard InChI is InChI=1S/C23H15N3O2S/c24-21-18(13-17-11-12-20(28-17)16-9-5-2-6-10-16)22(27)25-23-26(21)19(14-29-23)15-7-3-1-4-8-15/h1-14,24H/b18-13-,24-21?. The Bertz CT molecular complexity index is 1210. The van der Waals surface area contributed by atoms with Gasteiger partial charge in [-0.15, -0.1) is 0 Å². The van der Waals surface area contributed by atoms with Crippen LogP contribution in [0.15, 0.2) is 93.2 Å². The molecule has 6 heteroatoms. The van der Waals surface area contributed by atoms with Crippen molar-refractivity contribution >= 4 is 40.4 Å². The highest BCUT2D eigenvalue weighted by atomic mass is 32.2. The van der Waals surface area contributed by atoms with Crippen molar-refractivity contribution in [1.29, 1.82) is 5.41 Å². The molecule has 2 aliphatic rings. The minimum absolute atomic E-state index is 0.0952. The molecule has 29 heavy (non-hydrogen) atoms. The van der Waals surface area contributed by atoms with Crippen molar-refractivity contribution < 1.29 is 9.21 Å². The number of rotatable bonds is 3. The van der Waals surface area contributed by atoms with Crippen molar-refractivity contribution in [2.75, 3.05) is 0 Å². The van der Waals surface area contributed by atoms with E-state index in [1.807, 2.05) is 72.1 Å². The number of aliphatic imine (C=N–C) groups is 1. The Morgan fingerprint density at radius 1 is 0.931 bits per heavy atom. The predicted molar refractivity (Wildman–Crippen MR) is 116 cm³/mol. The lowest BCUT2D eigenvalue weighted by atomic mass is 10.1. The van der Waals surface area contributed by atoms with Crippen molar-refractivity contribution in [3.05, 3.63) is 95.1 Å². The van der Waals surface area contributed by atoms with Crippen LogP contribution >= 0.6 is 11.8 Å². The Balaban J connectivity index is 1.49. The maximum Gasteiger partial charge on any atom is 0.283 e. The number of thioether (sulfide) groups is 1. The summed E-state index contributed by atoms with van der Waals surface area (Å²) >= 11 is 1.35. The Hall–Kier alpha value is -3.64. The Morgan fingerprint density at radius 2 is 1.62 bits per heavy atom. The first-order valence-corrected chi connectivity index (χ1v) is 9.90. The maximum atomic E-state index is 12.6. The van der Waals surface area contributed by atoms with Gasteiger partial charge in [0.25, 0.3) is 5.91 Å². The van der Waals surface area contributed by atoms with Gasteiger partial charge in [-0.05, 0) is 23.8 Å². The molecule has 1 amide bonds. The van der Waals surface area contributed by atoms with Crippen molar-refractivity contribution in [1.82, 2.24) is 4.90 Å². The molecule has 3 aromatic rings. The molecule has 5 rings (SSSR count). The lowest BCUT2D eigenvalue weighted by Crippen LogP contribution is -2.37. The van der Waals surface area contributed by atoms with E-state index >= 15 is 0 Å². The number of furan rings is 1. The van der Waals surface area contributed by atoms with Gasteiger partial charge in [0.15, 0.2) is 5.17 Å². The second-order valence-electron chi connectivity index (χ2n) is 6.50. The number of carbonyl (C=O) groups is 1. The number of benzene rings is 2. The summed E-state index contributed by atoms with van der Waals surface area (Å²) in [7, 11) is 0. The van der Waals surface area contributed by atoms with Crippen molar-refractivity contribution in [2.24, 2.45) is 4.99 Å². The third kappa shape index (κ3) is 3.13. The van der Waals surface area contributed by atoms with Gasteiger partial charge in [0, 0.05) is 11.0 Å². The molecule has 2 aromatic carbocycles. The zero-order valence-electron chi connectivity index (χ0n) is 15.2. The molecule has 0 atom stereocenters. The quantitative estimate of drug-likeness (QED) is 0.613. The molecule has 0 unspecified atom stereocenters. The van der Waals surface area contributed by atoms with Crippen LogP contribution < -0.4 is 0 Å². The summed E-state index contributed by atoms with van der Waals surface area (Å²) in [6, 6.07) is 23.2. The van der Waals surface area contributed by atoms with E-state index in [4.69, 9.17) is 9.83 Å². The van der Waals surface area contributed by atoms with Gasteiger partial charge in [0.05, 0.1) is 11.3 Å². The van der Waals surface area contributed by atoms with Crippen molar-refractivity contribution in [2.45, 2.75) is 0 Å².